The molecule has 1 aromatic rings. The first kappa shape index (κ1) is 11.0. The molecule has 1 aromatic carbocycles. The smallest absolute Gasteiger partial charge is 0.338 e. The molecule has 0 heterocycles. The lowest BCUT2D eigenvalue weighted by Gasteiger charge is -2.08. The second-order valence-corrected chi connectivity index (χ2v) is 2.94. The van der Waals surface area contributed by atoms with Crippen LogP contribution in [0.2, 0.25) is 0 Å². The third-order valence-corrected chi connectivity index (χ3v) is 2.09. The van der Waals surface area contributed by atoms with Gasteiger partial charge in [0.05, 0.1) is 18.2 Å². The molecule has 0 saturated heterocycles. The van der Waals surface area contributed by atoms with Gasteiger partial charge in [-0.1, -0.05) is 0 Å². The van der Waals surface area contributed by atoms with E-state index in [1.54, 1.807) is 0 Å². The van der Waals surface area contributed by atoms with Crippen LogP contribution in [0.3, 0.4) is 0 Å². The fourth-order valence-electron chi connectivity index (χ4n) is 1.17. The topological polar surface area (TPSA) is 83.8 Å². The van der Waals surface area contributed by atoms with Gasteiger partial charge in [-0.05, 0) is 13.0 Å². The van der Waals surface area contributed by atoms with Crippen molar-refractivity contribution in [3.63, 3.8) is 0 Å². The molecule has 2 N–H and O–H groups in total. The van der Waals surface area contributed by atoms with Crippen molar-refractivity contribution in [1.29, 1.82) is 0 Å². The van der Waals surface area contributed by atoms with Crippen molar-refractivity contribution in [2.45, 2.75) is 6.92 Å². The van der Waals surface area contributed by atoms with Crippen LogP contribution in [0.1, 0.15) is 26.3 Å². The SMILES string of the molecule is COC(=O)c1cc(O)c(C)c(O)c1C=O. The van der Waals surface area contributed by atoms with E-state index in [-0.39, 0.29) is 22.4 Å². The Morgan fingerprint density at radius 2 is 2.07 bits per heavy atom. The number of carbonyl (C=O) groups excluding carboxylic acids is 2. The number of ether oxygens (including phenoxy) is 1. The second kappa shape index (κ2) is 4.00. The van der Waals surface area contributed by atoms with Gasteiger partial charge < -0.3 is 14.9 Å². The molecule has 5 heteroatoms. The Bertz CT molecular complexity index is 422. The van der Waals surface area contributed by atoms with Gasteiger partial charge in [-0.2, -0.15) is 0 Å². The van der Waals surface area contributed by atoms with Crippen LogP contribution in [0.4, 0.5) is 0 Å². The minimum absolute atomic E-state index is 0.143. The average molecular weight is 210 g/mol. The van der Waals surface area contributed by atoms with E-state index in [2.05, 4.69) is 4.74 Å². The van der Waals surface area contributed by atoms with Crippen molar-refractivity contribution in [3.05, 3.63) is 22.8 Å². The maximum Gasteiger partial charge on any atom is 0.338 e. The number of methoxy groups -OCH3 is 1. The highest BCUT2D eigenvalue weighted by molar-refractivity contribution is 6.00. The number of aromatic hydroxyl groups is 2. The van der Waals surface area contributed by atoms with Crippen molar-refractivity contribution in [3.8, 4) is 11.5 Å². The van der Waals surface area contributed by atoms with E-state index < -0.39 is 11.7 Å². The maximum absolute atomic E-state index is 11.2. The molecule has 0 amide bonds. The second-order valence-electron chi connectivity index (χ2n) is 2.94. The van der Waals surface area contributed by atoms with Gasteiger partial charge in [-0.3, -0.25) is 4.79 Å². The number of rotatable bonds is 2. The molecule has 5 nitrogen and oxygen atoms in total. The van der Waals surface area contributed by atoms with E-state index in [4.69, 9.17) is 0 Å². The van der Waals surface area contributed by atoms with E-state index >= 15 is 0 Å². The Hall–Kier alpha value is -2.04. The van der Waals surface area contributed by atoms with Crippen LogP contribution in [0.25, 0.3) is 0 Å². The molecule has 0 aliphatic heterocycles. The summed E-state index contributed by atoms with van der Waals surface area (Å²) in [6.45, 7) is 1.43. The van der Waals surface area contributed by atoms with Crippen LogP contribution < -0.4 is 0 Å². The molecule has 0 bridgehead atoms. The molecule has 0 radical (unpaired) electrons. The van der Waals surface area contributed by atoms with E-state index in [0.717, 1.165) is 13.2 Å². The van der Waals surface area contributed by atoms with E-state index in [0.29, 0.717) is 6.29 Å². The van der Waals surface area contributed by atoms with Gasteiger partial charge in [-0.15, -0.1) is 0 Å². The lowest BCUT2D eigenvalue weighted by Crippen LogP contribution is -2.06. The highest BCUT2D eigenvalue weighted by Crippen LogP contribution is 2.31. The number of aldehydes is 1. The zero-order valence-corrected chi connectivity index (χ0v) is 8.27. The van der Waals surface area contributed by atoms with Crippen LogP contribution >= 0.6 is 0 Å². The monoisotopic (exact) mass is 210 g/mol. The van der Waals surface area contributed by atoms with Crippen LogP contribution in [0, 0.1) is 6.92 Å². The lowest BCUT2D eigenvalue weighted by atomic mass is 10.0. The Kier molecular flexibility index (Phi) is 2.94. The summed E-state index contributed by atoms with van der Waals surface area (Å²) in [5, 5.41) is 18.9. The summed E-state index contributed by atoms with van der Waals surface area (Å²) in [7, 11) is 1.14. The lowest BCUT2D eigenvalue weighted by molar-refractivity contribution is 0.0597. The molecule has 80 valence electrons. The van der Waals surface area contributed by atoms with Crippen LogP contribution in [0.5, 0.6) is 11.5 Å². The van der Waals surface area contributed by atoms with Crippen LogP contribution in [0.15, 0.2) is 6.07 Å². The molecule has 15 heavy (non-hydrogen) atoms. The molecule has 0 atom stereocenters. The Labute approximate surface area is 85.9 Å². The van der Waals surface area contributed by atoms with Crippen molar-refractivity contribution < 1.29 is 24.5 Å². The molecule has 0 aliphatic rings. The summed E-state index contributed by atoms with van der Waals surface area (Å²) >= 11 is 0. The molecule has 0 unspecified atom stereocenters. The van der Waals surface area contributed by atoms with Gasteiger partial charge in [0, 0.05) is 5.56 Å². The normalized spacial score (nSPS) is 9.73. The number of hydrogen-bond donors (Lipinski definition) is 2. The van der Waals surface area contributed by atoms with Crippen LogP contribution in [-0.2, 0) is 4.74 Å². The Morgan fingerprint density at radius 1 is 1.47 bits per heavy atom. The van der Waals surface area contributed by atoms with Crippen molar-refractivity contribution in [2.24, 2.45) is 0 Å². The van der Waals surface area contributed by atoms with E-state index in [1.807, 2.05) is 0 Å². The van der Waals surface area contributed by atoms with E-state index in [1.165, 1.54) is 6.92 Å². The van der Waals surface area contributed by atoms with Gasteiger partial charge in [0.1, 0.15) is 11.5 Å². The number of phenolic OH excluding ortho intramolecular Hbond substituents is 2. The summed E-state index contributed by atoms with van der Waals surface area (Å²) in [4.78, 5) is 21.9. The quantitative estimate of drug-likeness (QED) is 0.562. The van der Waals surface area contributed by atoms with Gasteiger partial charge in [0.25, 0.3) is 0 Å². The van der Waals surface area contributed by atoms with Gasteiger partial charge in [0.2, 0.25) is 0 Å². The fraction of sp³-hybridized carbons (Fsp3) is 0.200. The van der Waals surface area contributed by atoms with Gasteiger partial charge in [-0.25, -0.2) is 4.79 Å². The first-order chi connectivity index (χ1) is 7.02. The average Bonchev–Trinajstić information content (AvgIpc) is 2.24. The number of phenols is 2. The summed E-state index contributed by atoms with van der Waals surface area (Å²) in [5.41, 5.74) is -0.199. The molecule has 0 spiro atoms. The highest BCUT2D eigenvalue weighted by Gasteiger charge is 2.19. The molecular formula is C10H10O5. The highest BCUT2D eigenvalue weighted by atomic mass is 16.5. The third-order valence-electron chi connectivity index (χ3n) is 2.09. The molecule has 0 aliphatic carbocycles. The predicted molar refractivity (Wildman–Crippen MR) is 51.2 cm³/mol. The third kappa shape index (κ3) is 1.76. The summed E-state index contributed by atoms with van der Waals surface area (Å²) in [6.07, 6.45) is 0.341. The molecule has 0 saturated carbocycles. The molecule has 1 rings (SSSR count). The first-order valence-corrected chi connectivity index (χ1v) is 4.12. The summed E-state index contributed by atoms with van der Waals surface area (Å²) in [5.74, 6) is -1.47. The minimum atomic E-state index is -0.789. The number of benzene rings is 1. The van der Waals surface area contributed by atoms with Crippen molar-refractivity contribution in [2.75, 3.05) is 7.11 Å². The molecular weight excluding hydrogens is 200 g/mol. The zero-order chi connectivity index (χ0) is 11.6. The van der Waals surface area contributed by atoms with Gasteiger partial charge >= 0.3 is 5.97 Å². The van der Waals surface area contributed by atoms with E-state index in [9.17, 15) is 19.8 Å². The first-order valence-electron chi connectivity index (χ1n) is 4.12. The Balaban J connectivity index is 3.52. The number of hydrogen-bond acceptors (Lipinski definition) is 5. The number of carbonyl (C=O) groups is 2. The van der Waals surface area contributed by atoms with Crippen molar-refractivity contribution in [1.82, 2.24) is 0 Å². The van der Waals surface area contributed by atoms with Crippen LogP contribution in [-0.4, -0.2) is 29.6 Å². The fourth-order valence-corrected chi connectivity index (χ4v) is 1.17. The van der Waals surface area contributed by atoms with Gasteiger partial charge in [0.15, 0.2) is 6.29 Å². The zero-order valence-electron chi connectivity index (χ0n) is 8.27. The maximum atomic E-state index is 11.2. The molecule has 0 fully saturated rings. The Morgan fingerprint density at radius 3 is 2.53 bits per heavy atom. The summed E-state index contributed by atoms with van der Waals surface area (Å²) in [6, 6.07) is 1.09. The minimum Gasteiger partial charge on any atom is -0.508 e. The van der Waals surface area contributed by atoms with Crippen molar-refractivity contribution >= 4 is 12.3 Å². The summed E-state index contributed by atoms with van der Waals surface area (Å²) < 4.78 is 4.41. The standard InChI is InChI=1S/C10H10O5/c1-5-8(12)3-6(10(14)15-2)7(4-11)9(5)13/h3-4,12-13H,1-2H3. The largest absolute Gasteiger partial charge is 0.508 e. The predicted octanol–water partition coefficient (Wildman–Crippen LogP) is 1.01. The number of esters is 1. The molecule has 0 aromatic heterocycles.